The summed E-state index contributed by atoms with van der Waals surface area (Å²) >= 11 is 0. The Morgan fingerprint density at radius 1 is 1.27 bits per heavy atom. The zero-order valence-electron chi connectivity index (χ0n) is 17.0. The second kappa shape index (κ2) is 8.84. The second-order valence-electron chi connectivity index (χ2n) is 7.18. The van der Waals surface area contributed by atoms with Crippen molar-refractivity contribution in [2.24, 2.45) is 0 Å². The Labute approximate surface area is 175 Å². The van der Waals surface area contributed by atoms with Crippen LogP contribution in [0.1, 0.15) is 35.8 Å². The Kier molecular flexibility index (Phi) is 6.42. The summed E-state index contributed by atoms with van der Waals surface area (Å²) in [6, 6.07) is 6.45. The molecule has 1 aromatic carbocycles. The summed E-state index contributed by atoms with van der Waals surface area (Å²) in [5.41, 5.74) is 2.26. The largest absolute Gasteiger partial charge is 0.462 e. The maximum atomic E-state index is 12.2. The number of hydrogen-bond acceptors (Lipinski definition) is 6. The van der Waals surface area contributed by atoms with E-state index in [4.69, 9.17) is 4.74 Å². The minimum Gasteiger partial charge on any atom is -0.462 e. The van der Waals surface area contributed by atoms with E-state index in [9.17, 15) is 18.0 Å². The fourth-order valence-corrected chi connectivity index (χ4v) is 4.08. The van der Waals surface area contributed by atoms with Crippen LogP contribution in [-0.4, -0.2) is 55.1 Å². The van der Waals surface area contributed by atoms with Gasteiger partial charge in [0.1, 0.15) is 5.56 Å². The number of hydrogen-bond donors (Lipinski definition) is 3. The molecule has 1 aromatic heterocycles. The first-order chi connectivity index (χ1) is 14.2. The molecule has 3 rings (SSSR count). The zero-order valence-corrected chi connectivity index (χ0v) is 17.8. The van der Waals surface area contributed by atoms with Gasteiger partial charge in [0.15, 0.2) is 0 Å². The number of nitrogens with one attached hydrogen (secondary N) is 3. The lowest BCUT2D eigenvalue weighted by molar-refractivity contribution is 0.0525. The van der Waals surface area contributed by atoms with E-state index in [2.05, 4.69) is 20.5 Å². The third-order valence-corrected chi connectivity index (χ3v) is 5.47. The van der Waals surface area contributed by atoms with E-state index in [0.29, 0.717) is 35.5 Å². The number of benzene rings is 1. The first-order valence-electron chi connectivity index (χ1n) is 9.53. The average Bonchev–Trinajstić information content (AvgIpc) is 3.01. The smallest absolute Gasteiger partial charge is 0.341 e. The van der Waals surface area contributed by atoms with Crippen LogP contribution in [0.3, 0.4) is 0 Å². The average molecular weight is 436 g/mol. The van der Waals surface area contributed by atoms with Crippen LogP contribution < -0.4 is 15.4 Å². The Balaban J connectivity index is 1.60. The molecule has 30 heavy (non-hydrogen) atoms. The van der Waals surface area contributed by atoms with Crippen molar-refractivity contribution in [2.75, 3.05) is 18.2 Å². The fraction of sp³-hybridized carbons (Fsp3) is 0.421. The number of amides is 2. The van der Waals surface area contributed by atoms with Crippen molar-refractivity contribution in [3.05, 3.63) is 41.7 Å². The van der Waals surface area contributed by atoms with Crippen molar-refractivity contribution in [1.82, 2.24) is 19.8 Å². The van der Waals surface area contributed by atoms with Crippen LogP contribution in [0.5, 0.6) is 0 Å². The van der Waals surface area contributed by atoms with E-state index in [1.807, 2.05) is 6.07 Å². The number of ether oxygens (including phenoxy) is 1. The Bertz CT molecular complexity index is 1040. The van der Waals surface area contributed by atoms with Crippen molar-refractivity contribution in [3.63, 3.8) is 0 Å². The highest BCUT2D eigenvalue weighted by atomic mass is 32.2. The van der Waals surface area contributed by atoms with Crippen LogP contribution >= 0.6 is 0 Å². The molecule has 0 bridgehead atoms. The highest BCUT2D eigenvalue weighted by molar-refractivity contribution is 7.88. The van der Waals surface area contributed by atoms with Gasteiger partial charge in [0.2, 0.25) is 10.0 Å². The van der Waals surface area contributed by atoms with Crippen molar-refractivity contribution in [3.8, 4) is 5.69 Å². The topological polar surface area (TPSA) is 131 Å². The molecular weight excluding hydrogens is 410 g/mol. The molecule has 1 fully saturated rings. The summed E-state index contributed by atoms with van der Waals surface area (Å²) in [5.74, 6) is -0.431. The van der Waals surface area contributed by atoms with Gasteiger partial charge in [0, 0.05) is 17.8 Å². The number of aromatic nitrogens is 2. The molecule has 1 saturated carbocycles. The van der Waals surface area contributed by atoms with Gasteiger partial charge in [0.05, 0.1) is 30.4 Å². The molecule has 3 N–H and O–H groups in total. The van der Waals surface area contributed by atoms with E-state index in [1.54, 1.807) is 36.7 Å². The van der Waals surface area contributed by atoms with Crippen LogP contribution in [0.2, 0.25) is 0 Å². The standard InChI is InChI=1S/C19H25N5O5S/c1-4-29-18(25)17-11-20-24(12(17)2)16-7-5-6-13(10-16)21-19(26)22-14-8-15(9-14)23-30(3,27)28/h5-7,10-11,14-15,23H,4,8-9H2,1-3H3,(H2,21,22,26). The lowest BCUT2D eigenvalue weighted by Gasteiger charge is -2.35. The zero-order chi connectivity index (χ0) is 21.9. The van der Waals surface area contributed by atoms with Gasteiger partial charge in [-0.1, -0.05) is 6.07 Å². The summed E-state index contributed by atoms with van der Waals surface area (Å²) in [7, 11) is -3.24. The van der Waals surface area contributed by atoms with Crippen molar-refractivity contribution in [1.29, 1.82) is 0 Å². The van der Waals surface area contributed by atoms with Crippen molar-refractivity contribution in [2.45, 2.75) is 38.8 Å². The molecule has 2 aromatic rings. The number of anilines is 1. The second-order valence-corrected chi connectivity index (χ2v) is 8.96. The monoisotopic (exact) mass is 435 g/mol. The Morgan fingerprint density at radius 2 is 2.00 bits per heavy atom. The number of esters is 1. The molecule has 0 radical (unpaired) electrons. The maximum absolute atomic E-state index is 12.2. The van der Waals surface area contributed by atoms with Crippen LogP contribution in [0.4, 0.5) is 10.5 Å². The molecule has 0 atom stereocenters. The lowest BCUT2D eigenvalue weighted by atomic mass is 9.88. The molecule has 1 aliphatic carbocycles. The molecule has 0 spiro atoms. The van der Waals surface area contributed by atoms with E-state index < -0.39 is 16.0 Å². The van der Waals surface area contributed by atoms with Gasteiger partial charge in [-0.15, -0.1) is 0 Å². The van der Waals surface area contributed by atoms with Gasteiger partial charge in [0.25, 0.3) is 0 Å². The van der Waals surface area contributed by atoms with Crippen molar-refractivity contribution >= 4 is 27.7 Å². The van der Waals surface area contributed by atoms with Gasteiger partial charge in [-0.2, -0.15) is 5.10 Å². The van der Waals surface area contributed by atoms with Crippen LogP contribution in [0.15, 0.2) is 30.5 Å². The maximum Gasteiger partial charge on any atom is 0.341 e. The quantitative estimate of drug-likeness (QED) is 0.566. The number of sulfonamides is 1. The van der Waals surface area contributed by atoms with Gasteiger partial charge in [-0.05, 0) is 44.9 Å². The van der Waals surface area contributed by atoms with E-state index >= 15 is 0 Å². The predicted octanol–water partition coefficient (Wildman–Crippen LogP) is 1.56. The molecule has 162 valence electrons. The summed E-state index contributed by atoms with van der Waals surface area (Å²) < 4.78 is 31.6. The third-order valence-electron chi connectivity index (χ3n) is 4.71. The van der Waals surface area contributed by atoms with E-state index in [1.165, 1.54) is 6.20 Å². The molecule has 0 saturated heterocycles. The van der Waals surface area contributed by atoms with Crippen LogP contribution in [-0.2, 0) is 14.8 Å². The molecular formula is C19H25N5O5S. The Hall–Kier alpha value is -2.92. The molecule has 1 aliphatic rings. The van der Waals surface area contributed by atoms with Crippen LogP contribution in [0, 0.1) is 6.92 Å². The third kappa shape index (κ3) is 5.36. The molecule has 2 amide bonds. The van der Waals surface area contributed by atoms with E-state index in [0.717, 1.165) is 6.26 Å². The number of rotatable bonds is 7. The lowest BCUT2D eigenvalue weighted by Crippen LogP contribution is -2.54. The van der Waals surface area contributed by atoms with E-state index in [-0.39, 0.29) is 24.7 Å². The molecule has 0 aliphatic heterocycles. The summed E-state index contributed by atoms with van der Waals surface area (Å²) in [5, 5.41) is 9.83. The SMILES string of the molecule is CCOC(=O)c1cnn(-c2cccc(NC(=O)NC3CC(NS(C)(=O)=O)C3)c2)c1C. The predicted molar refractivity (Wildman–Crippen MR) is 111 cm³/mol. The van der Waals surface area contributed by atoms with Gasteiger partial charge in [-0.3, -0.25) is 0 Å². The highest BCUT2D eigenvalue weighted by Crippen LogP contribution is 2.21. The number of carbonyl (C=O) groups excluding carboxylic acids is 2. The number of carbonyl (C=O) groups is 2. The van der Waals surface area contributed by atoms with Crippen molar-refractivity contribution < 1.29 is 22.7 Å². The normalized spacial score (nSPS) is 18.4. The molecule has 10 nitrogen and oxygen atoms in total. The first kappa shape index (κ1) is 21.8. The van der Waals surface area contributed by atoms with Crippen LogP contribution in [0.25, 0.3) is 5.69 Å². The summed E-state index contributed by atoms with van der Waals surface area (Å²) in [4.78, 5) is 24.2. The fourth-order valence-electron chi connectivity index (χ4n) is 3.28. The Morgan fingerprint density at radius 3 is 2.67 bits per heavy atom. The molecule has 1 heterocycles. The van der Waals surface area contributed by atoms with Gasteiger partial charge in [-0.25, -0.2) is 27.4 Å². The molecule has 11 heteroatoms. The molecule has 0 unspecified atom stereocenters. The number of nitrogens with zero attached hydrogens (tertiary/aromatic N) is 2. The summed E-state index contributed by atoms with van der Waals surface area (Å²) in [6.07, 6.45) is 3.66. The minimum absolute atomic E-state index is 0.0899. The highest BCUT2D eigenvalue weighted by Gasteiger charge is 2.32. The first-order valence-corrected chi connectivity index (χ1v) is 11.4. The van der Waals surface area contributed by atoms with Gasteiger partial charge < -0.3 is 15.4 Å². The minimum atomic E-state index is -3.24. The number of urea groups is 1. The van der Waals surface area contributed by atoms with Gasteiger partial charge >= 0.3 is 12.0 Å². The summed E-state index contributed by atoms with van der Waals surface area (Å²) in [6.45, 7) is 3.79.